The van der Waals surface area contributed by atoms with Crippen LogP contribution in [0.25, 0.3) is 0 Å². The van der Waals surface area contributed by atoms with Gasteiger partial charge in [0.15, 0.2) is 0 Å². The molecule has 0 aromatic heterocycles. The van der Waals surface area contributed by atoms with Gasteiger partial charge in [0.2, 0.25) is 0 Å². The monoisotopic (exact) mass is 211 g/mol. The molecule has 2 heteroatoms. The number of aliphatic hydroxyl groups is 1. The van der Waals surface area contributed by atoms with Crippen molar-refractivity contribution >= 4 is 0 Å². The van der Waals surface area contributed by atoms with Gasteiger partial charge >= 0.3 is 0 Å². The molecule has 2 atom stereocenters. The van der Waals surface area contributed by atoms with Crippen LogP contribution in [0.4, 0.5) is 0 Å². The molecule has 0 saturated heterocycles. The maximum Gasteiger partial charge on any atom is 0.0693 e. The van der Waals surface area contributed by atoms with Crippen LogP contribution < -0.4 is 5.32 Å². The number of hydrogen-bond acceptors (Lipinski definition) is 2. The summed E-state index contributed by atoms with van der Waals surface area (Å²) < 4.78 is 0. The van der Waals surface area contributed by atoms with E-state index in [0.29, 0.717) is 11.5 Å². The lowest BCUT2D eigenvalue weighted by Crippen LogP contribution is -2.45. The standard InChI is InChI=1S/C13H25NO/c1-10(2)13(7-8-13)9-14-11-5-3-4-6-12(11)15/h10-12,14-15H,3-9H2,1-2H3/t11-,12-/m1/s1. The Kier molecular flexibility index (Phi) is 3.36. The highest BCUT2D eigenvalue weighted by Crippen LogP contribution is 2.51. The molecule has 2 rings (SSSR count). The van der Waals surface area contributed by atoms with Gasteiger partial charge in [-0.25, -0.2) is 0 Å². The first-order valence-electron chi connectivity index (χ1n) is 6.55. The molecule has 2 aliphatic rings. The molecule has 0 aromatic rings. The van der Waals surface area contributed by atoms with E-state index in [1.807, 2.05) is 0 Å². The zero-order valence-corrected chi connectivity index (χ0v) is 10.1. The van der Waals surface area contributed by atoms with Crippen LogP contribution in [0.15, 0.2) is 0 Å². The largest absolute Gasteiger partial charge is 0.392 e. The van der Waals surface area contributed by atoms with Gasteiger partial charge in [-0.05, 0) is 37.0 Å². The van der Waals surface area contributed by atoms with Gasteiger partial charge in [0.05, 0.1) is 6.10 Å². The third-order valence-corrected chi connectivity index (χ3v) is 4.56. The maximum absolute atomic E-state index is 9.86. The fraction of sp³-hybridized carbons (Fsp3) is 1.00. The normalized spacial score (nSPS) is 34.4. The highest BCUT2D eigenvalue weighted by atomic mass is 16.3. The molecule has 2 saturated carbocycles. The molecule has 2 fully saturated rings. The van der Waals surface area contributed by atoms with Crippen LogP contribution in [0.5, 0.6) is 0 Å². The zero-order chi connectivity index (χ0) is 10.9. The van der Waals surface area contributed by atoms with Gasteiger partial charge in [-0.2, -0.15) is 0 Å². The van der Waals surface area contributed by atoms with Crippen LogP contribution in [-0.2, 0) is 0 Å². The Labute approximate surface area is 93.5 Å². The van der Waals surface area contributed by atoms with Crippen molar-refractivity contribution in [3.05, 3.63) is 0 Å². The molecule has 0 aliphatic heterocycles. The Morgan fingerprint density at radius 1 is 1.27 bits per heavy atom. The molecule has 0 unspecified atom stereocenters. The van der Waals surface area contributed by atoms with Crippen molar-refractivity contribution in [2.24, 2.45) is 11.3 Å². The van der Waals surface area contributed by atoms with E-state index in [0.717, 1.165) is 25.3 Å². The second-order valence-corrected chi connectivity index (χ2v) is 5.86. The summed E-state index contributed by atoms with van der Waals surface area (Å²) in [6.07, 6.45) is 7.29. The van der Waals surface area contributed by atoms with Gasteiger partial charge in [0.25, 0.3) is 0 Å². The van der Waals surface area contributed by atoms with Gasteiger partial charge in [-0.1, -0.05) is 26.7 Å². The molecule has 0 radical (unpaired) electrons. The van der Waals surface area contributed by atoms with Gasteiger partial charge in [-0.3, -0.25) is 0 Å². The molecule has 15 heavy (non-hydrogen) atoms. The summed E-state index contributed by atoms with van der Waals surface area (Å²) in [5, 5.41) is 13.5. The zero-order valence-electron chi connectivity index (χ0n) is 10.1. The van der Waals surface area contributed by atoms with Crippen molar-refractivity contribution in [3.63, 3.8) is 0 Å². The van der Waals surface area contributed by atoms with E-state index >= 15 is 0 Å². The topological polar surface area (TPSA) is 32.3 Å². The molecule has 0 amide bonds. The van der Waals surface area contributed by atoms with Gasteiger partial charge in [0, 0.05) is 12.6 Å². The minimum atomic E-state index is -0.0956. The Bertz CT molecular complexity index is 211. The molecule has 2 aliphatic carbocycles. The van der Waals surface area contributed by atoms with Crippen molar-refractivity contribution in [2.45, 2.75) is 64.5 Å². The van der Waals surface area contributed by atoms with Gasteiger partial charge in [-0.15, -0.1) is 0 Å². The number of hydrogen-bond donors (Lipinski definition) is 2. The van der Waals surface area contributed by atoms with E-state index in [1.54, 1.807) is 0 Å². The van der Waals surface area contributed by atoms with Crippen molar-refractivity contribution in [2.75, 3.05) is 6.54 Å². The molecule has 2 N–H and O–H groups in total. The van der Waals surface area contributed by atoms with E-state index in [2.05, 4.69) is 19.2 Å². The van der Waals surface area contributed by atoms with Gasteiger partial charge in [0.1, 0.15) is 0 Å². The second-order valence-electron chi connectivity index (χ2n) is 5.86. The van der Waals surface area contributed by atoms with Crippen LogP contribution in [0.1, 0.15) is 52.4 Å². The van der Waals surface area contributed by atoms with Crippen LogP contribution in [-0.4, -0.2) is 23.8 Å². The third-order valence-electron chi connectivity index (χ3n) is 4.56. The maximum atomic E-state index is 9.86. The average molecular weight is 211 g/mol. The first kappa shape index (κ1) is 11.4. The Balaban J connectivity index is 1.77. The van der Waals surface area contributed by atoms with Crippen LogP contribution in [0.2, 0.25) is 0 Å². The smallest absolute Gasteiger partial charge is 0.0693 e. The minimum Gasteiger partial charge on any atom is -0.392 e. The minimum absolute atomic E-state index is 0.0956. The molecule has 0 aromatic carbocycles. The molecular weight excluding hydrogens is 186 g/mol. The first-order chi connectivity index (χ1) is 7.14. The number of aliphatic hydroxyl groups excluding tert-OH is 1. The predicted octanol–water partition coefficient (Wildman–Crippen LogP) is 2.32. The van der Waals surface area contributed by atoms with Crippen molar-refractivity contribution in [1.29, 1.82) is 0 Å². The lowest BCUT2D eigenvalue weighted by Gasteiger charge is -2.31. The summed E-state index contributed by atoms with van der Waals surface area (Å²) in [4.78, 5) is 0. The summed E-state index contributed by atoms with van der Waals surface area (Å²) >= 11 is 0. The average Bonchev–Trinajstić information content (AvgIpc) is 2.98. The highest BCUT2D eigenvalue weighted by molar-refractivity contribution is 4.98. The number of rotatable bonds is 4. The molecular formula is C13H25NO. The van der Waals surface area contributed by atoms with Crippen molar-refractivity contribution in [1.82, 2.24) is 5.32 Å². The summed E-state index contributed by atoms with van der Waals surface area (Å²) in [5.74, 6) is 0.783. The van der Waals surface area contributed by atoms with E-state index in [-0.39, 0.29) is 6.10 Å². The molecule has 0 heterocycles. The van der Waals surface area contributed by atoms with E-state index < -0.39 is 0 Å². The second kappa shape index (κ2) is 4.42. The molecule has 0 bridgehead atoms. The van der Waals surface area contributed by atoms with Crippen molar-refractivity contribution < 1.29 is 5.11 Å². The van der Waals surface area contributed by atoms with Crippen LogP contribution in [0.3, 0.4) is 0 Å². The number of nitrogens with one attached hydrogen (secondary N) is 1. The van der Waals surface area contributed by atoms with E-state index in [9.17, 15) is 5.11 Å². The Morgan fingerprint density at radius 2 is 1.93 bits per heavy atom. The summed E-state index contributed by atoms with van der Waals surface area (Å²) in [6.45, 7) is 5.77. The molecule has 2 nitrogen and oxygen atoms in total. The Morgan fingerprint density at radius 3 is 2.47 bits per heavy atom. The van der Waals surface area contributed by atoms with Crippen LogP contribution in [0, 0.1) is 11.3 Å². The quantitative estimate of drug-likeness (QED) is 0.748. The van der Waals surface area contributed by atoms with Crippen molar-refractivity contribution in [3.8, 4) is 0 Å². The van der Waals surface area contributed by atoms with E-state index in [4.69, 9.17) is 0 Å². The van der Waals surface area contributed by atoms with Crippen LogP contribution >= 0.6 is 0 Å². The Hall–Kier alpha value is -0.0800. The molecule has 88 valence electrons. The fourth-order valence-electron chi connectivity index (χ4n) is 2.80. The first-order valence-corrected chi connectivity index (χ1v) is 6.55. The summed E-state index contributed by atoms with van der Waals surface area (Å²) in [6, 6.07) is 0.370. The predicted molar refractivity (Wildman–Crippen MR) is 62.8 cm³/mol. The highest BCUT2D eigenvalue weighted by Gasteiger charge is 2.45. The molecule has 0 spiro atoms. The third kappa shape index (κ3) is 2.54. The summed E-state index contributed by atoms with van der Waals surface area (Å²) in [7, 11) is 0. The lowest BCUT2D eigenvalue weighted by atomic mass is 9.89. The van der Waals surface area contributed by atoms with Gasteiger partial charge < -0.3 is 10.4 Å². The SMILES string of the molecule is CC(C)C1(CN[C@@H]2CCCC[C@H]2O)CC1. The van der Waals surface area contributed by atoms with E-state index in [1.165, 1.54) is 25.7 Å². The lowest BCUT2D eigenvalue weighted by molar-refractivity contribution is 0.0862. The fourth-order valence-corrected chi connectivity index (χ4v) is 2.80. The summed E-state index contributed by atoms with van der Waals surface area (Å²) in [5.41, 5.74) is 0.567.